The van der Waals surface area contributed by atoms with Crippen molar-refractivity contribution in [3.8, 4) is 0 Å². The molecule has 0 nitrogen and oxygen atoms in total. The van der Waals surface area contributed by atoms with Gasteiger partial charge in [-0.05, 0) is 0 Å². The molecule has 0 aromatic heterocycles. The maximum absolute atomic E-state index is 3.82. The second kappa shape index (κ2) is 22.5. The summed E-state index contributed by atoms with van der Waals surface area (Å²) in [6.45, 7) is 6.08. The van der Waals surface area contributed by atoms with Crippen LogP contribution in [0, 0.1) is 13.0 Å². The minimum absolute atomic E-state index is 0. The van der Waals surface area contributed by atoms with Crippen molar-refractivity contribution in [2.24, 2.45) is 0 Å². The average Bonchev–Trinajstić information content (AvgIpc) is 2.37. The molecule has 0 radical (unpaired) electrons. The fourth-order valence-electron chi connectivity index (χ4n) is 1.48. The SMILES string of the molecule is Cl.[CH2-]CCCCCCCCC.[Mg+2].[c-]1ccccc1. The first kappa shape index (κ1) is 23.4. The van der Waals surface area contributed by atoms with Crippen LogP contribution < -0.4 is 0 Å². The average molecular weight is 279 g/mol. The molecule has 0 aliphatic carbocycles. The first-order chi connectivity index (χ1) is 7.91. The number of unbranched alkanes of at least 4 members (excludes halogenated alkanes) is 7. The van der Waals surface area contributed by atoms with E-state index in [1.54, 1.807) is 0 Å². The van der Waals surface area contributed by atoms with Crippen LogP contribution in [0.4, 0.5) is 0 Å². The van der Waals surface area contributed by atoms with Crippen LogP contribution in [0.3, 0.4) is 0 Å². The van der Waals surface area contributed by atoms with Crippen LogP contribution in [0.25, 0.3) is 0 Å². The smallest absolute Gasteiger partial charge is 0.343 e. The van der Waals surface area contributed by atoms with Crippen molar-refractivity contribution < 1.29 is 0 Å². The number of benzene rings is 1. The normalized spacial score (nSPS) is 8.33. The van der Waals surface area contributed by atoms with Crippen LogP contribution in [0.1, 0.15) is 58.3 Å². The molecule has 0 aliphatic heterocycles. The summed E-state index contributed by atoms with van der Waals surface area (Å²) in [6, 6.07) is 12.5. The molecule has 0 aliphatic rings. The van der Waals surface area contributed by atoms with E-state index in [-0.39, 0.29) is 35.5 Å². The van der Waals surface area contributed by atoms with Crippen molar-refractivity contribution in [3.05, 3.63) is 43.3 Å². The van der Waals surface area contributed by atoms with Gasteiger partial charge in [0.1, 0.15) is 0 Å². The zero-order valence-electron chi connectivity index (χ0n) is 11.9. The molecule has 100 valence electrons. The Hall–Kier alpha value is 0.276. The minimum Gasteiger partial charge on any atom is -0.343 e. The van der Waals surface area contributed by atoms with E-state index in [4.69, 9.17) is 0 Å². The van der Waals surface area contributed by atoms with Gasteiger partial charge in [0.15, 0.2) is 0 Å². The summed E-state index contributed by atoms with van der Waals surface area (Å²) >= 11 is 0. The van der Waals surface area contributed by atoms with E-state index in [9.17, 15) is 0 Å². The van der Waals surface area contributed by atoms with Crippen molar-refractivity contribution in [2.75, 3.05) is 0 Å². The van der Waals surface area contributed by atoms with E-state index in [0.717, 1.165) is 6.42 Å². The summed E-state index contributed by atoms with van der Waals surface area (Å²) < 4.78 is 0. The minimum atomic E-state index is 0. The number of halogens is 1. The van der Waals surface area contributed by atoms with Crippen molar-refractivity contribution in [3.63, 3.8) is 0 Å². The Balaban J connectivity index is -0.000000244. The van der Waals surface area contributed by atoms with E-state index in [0.29, 0.717) is 0 Å². The van der Waals surface area contributed by atoms with Crippen LogP contribution in [-0.4, -0.2) is 23.1 Å². The van der Waals surface area contributed by atoms with Gasteiger partial charge in [0, 0.05) is 0 Å². The summed E-state index contributed by atoms with van der Waals surface area (Å²) in [4.78, 5) is 0. The molecule has 1 aromatic carbocycles. The van der Waals surface area contributed by atoms with Gasteiger partial charge < -0.3 is 6.92 Å². The monoisotopic (exact) mass is 278 g/mol. The molecular formula is C16H27ClMg. The molecule has 0 unspecified atom stereocenters. The van der Waals surface area contributed by atoms with Gasteiger partial charge in [-0.25, -0.2) is 0 Å². The maximum atomic E-state index is 3.82. The third-order valence-electron chi connectivity index (χ3n) is 2.46. The molecule has 1 aromatic rings. The predicted octanol–water partition coefficient (Wildman–Crippen LogP) is 5.49. The summed E-state index contributed by atoms with van der Waals surface area (Å²) in [5, 5.41) is 0. The molecule has 0 bridgehead atoms. The number of rotatable bonds is 7. The van der Waals surface area contributed by atoms with Crippen LogP contribution in [0.15, 0.2) is 30.3 Å². The van der Waals surface area contributed by atoms with E-state index in [1.165, 1.54) is 44.9 Å². The number of hydrogen-bond acceptors (Lipinski definition) is 0. The standard InChI is InChI=1S/C10H21.C6H5.ClH.Mg/c1-3-5-7-9-10-8-6-4-2;1-2-4-6-5-3-1;;/h1,3-10H2,2H3;1-5H;1H;/q2*-1;;+2. The van der Waals surface area contributed by atoms with E-state index >= 15 is 0 Å². The molecule has 0 saturated heterocycles. The fraction of sp³-hybridized carbons (Fsp3) is 0.562. The van der Waals surface area contributed by atoms with E-state index in [1.807, 2.05) is 30.3 Å². The fourth-order valence-corrected chi connectivity index (χ4v) is 1.48. The third kappa shape index (κ3) is 21.5. The molecular weight excluding hydrogens is 252 g/mol. The molecule has 0 N–H and O–H groups in total. The Morgan fingerprint density at radius 1 is 0.833 bits per heavy atom. The van der Waals surface area contributed by atoms with Crippen LogP contribution in [0.2, 0.25) is 0 Å². The topological polar surface area (TPSA) is 0 Å². The third-order valence-corrected chi connectivity index (χ3v) is 2.46. The largest absolute Gasteiger partial charge is 2.00 e. The Morgan fingerprint density at radius 2 is 1.33 bits per heavy atom. The molecule has 0 saturated carbocycles. The van der Waals surface area contributed by atoms with E-state index < -0.39 is 0 Å². The Labute approximate surface area is 137 Å². The van der Waals surface area contributed by atoms with Crippen molar-refractivity contribution in [2.45, 2.75) is 58.3 Å². The summed E-state index contributed by atoms with van der Waals surface area (Å²) in [7, 11) is 0. The predicted molar refractivity (Wildman–Crippen MR) is 86.2 cm³/mol. The Kier molecular flexibility index (Phi) is 29.2. The molecule has 0 atom stereocenters. The molecule has 0 fully saturated rings. The van der Waals surface area contributed by atoms with Crippen molar-refractivity contribution in [1.82, 2.24) is 0 Å². The zero-order chi connectivity index (χ0) is 11.9. The Morgan fingerprint density at radius 3 is 1.67 bits per heavy atom. The van der Waals surface area contributed by atoms with Crippen molar-refractivity contribution in [1.29, 1.82) is 0 Å². The second-order valence-electron chi connectivity index (χ2n) is 4.05. The molecule has 2 heteroatoms. The van der Waals surface area contributed by atoms with Crippen LogP contribution in [0.5, 0.6) is 0 Å². The van der Waals surface area contributed by atoms with Gasteiger partial charge in [-0.2, -0.15) is 42.8 Å². The van der Waals surface area contributed by atoms with Gasteiger partial charge in [-0.15, -0.1) is 12.4 Å². The first-order valence-electron chi connectivity index (χ1n) is 6.62. The molecule has 0 heterocycles. The summed E-state index contributed by atoms with van der Waals surface area (Å²) in [5.41, 5.74) is 0. The van der Waals surface area contributed by atoms with Gasteiger partial charge in [-0.3, -0.25) is 0 Å². The second-order valence-corrected chi connectivity index (χ2v) is 4.05. The molecule has 0 amide bonds. The van der Waals surface area contributed by atoms with Gasteiger partial charge in [0.25, 0.3) is 0 Å². The first-order valence-corrected chi connectivity index (χ1v) is 6.62. The Bertz CT molecular complexity index is 167. The maximum Gasteiger partial charge on any atom is 2.00 e. The quantitative estimate of drug-likeness (QED) is 0.352. The van der Waals surface area contributed by atoms with Gasteiger partial charge in [0.05, 0.1) is 0 Å². The summed E-state index contributed by atoms with van der Waals surface area (Å²) in [5.74, 6) is 0. The summed E-state index contributed by atoms with van der Waals surface area (Å²) in [6.07, 6.45) is 10.9. The van der Waals surface area contributed by atoms with Gasteiger partial charge in [0.2, 0.25) is 0 Å². The van der Waals surface area contributed by atoms with Gasteiger partial charge in [-0.1, -0.05) is 51.9 Å². The molecule has 18 heavy (non-hydrogen) atoms. The molecule has 0 spiro atoms. The molecule has 1 rings (SSSR count). The van der Waals surface area contributed by atoms with Crippen molar-refractivity contribution >= 4 is 35.5 Å². The van der Waals surface area contributed by atoms with Crippen LogP contribution in [-0.2, 0) is 0 Å². The number of hydrogen-bond donors (Lipinski definition) is 0. The van der Waals surface area contributed by atoms with Gasteiger partial charge >= 0.3 is 23.1 Å². The van der Waals surface area contributed by atoms with Crippen LogP contribution >= 0.6 is 12.4 Å². The zero-order valence-corrected chi connectivity index (χ0v) is 14.1. The van der Waals surface area contributed by atoms with E-state index in [2.05, 4.69) is 19.9 Å².